The second kappa shape index (κ2) is 17.4. The minimum absolute atomic E-state index is 0. The van der Waals surface area contributed by atoms with Crippen molar-refractivity contribution in [3.63, 3.8) is 0 Å². The molecular weight excluding hydrogens is 507 g/mol. The summed E-state index contributed by atoms with van der Waals surface area (Å²) in [6, 6.07) is 0. The van der Waals surface area contributed by atoms with Crippen LogP contribution in [0.1, 0.15) is 91.9 Å². The standard InChI is InChI=1S/C16H36N.C4H4BrNO2.HI/c1-5-9-13-17(14-10-6-2,15-11-7-3)16-12-8-4;5-6-3(7)1-2-4(6)8;/h5-16H2,1-4H3;1-2H2;1H/q+1;;/p-1. The van der Waals surface area contributed by atoms with Crippen LogP contribution in [0, 0.1) is 0 Å². The molecule has 0 spiro atoms. The van der Waals surface area contributed by atoms with Gasteiger partial charge in [0.15, 0.2) is 0 Å². The topological polar surface area (TPSA) is 37.4 Å². The highest BCUT2D eigenvalue weighted by Crippen LogP contribution is 2.16. The molecule has 26 heavy (non-hydrogen) atoms. The third-order valence-electron chi connectivity index (χ3n) is 4.93. The molecule has 1 fully saturated rings. The Morgan fingerprint density at radius 2 is 1.00 bits per heavy atom. The summed E-state index contributed by atoms with van der Waals surface area (Å²) >= 11 is 2.80. The highest BCUT2D eigenvalue weighted by atomic mass is 127. The summed E-state index contributed by atoms with van der Waals surface area (Å²) in [4.78, 5) is 20.9. The zero-order valence-electron chi connectivity index (χ0n) is 17.4. The van der Waals surface area contributed by atoms with Crippen molar-refractivity contribution in [1.82, 2.24) is 3.93 Å². The summed E-state index contributed by atoms with van der Waals surface area (Å²) in [7, 11) is 0. The van der Waals surface area contributed by atoms with Crippen LogP contribution in [0.5, 0.6) is 0 Å². The first kappa shape index (κ1) is 28.5. The van der Waals surface area contributed by atoms with E-state index in [0.717, 1.165) is 3.93 Å². The Bertz CT molecular complexity index is 327. The lowest BCUT2D eigenvalue weighted by molar-refractivity contribution is -0.929. The van der Waals surface area contributed by atoms with Crippen molar-refractivity contribution in [1.29, 1.82) is 0 Å². The molecule has 156 valence electrons. The number of hydrogen-bond donors (Lipinski definition) is 0. The molecule has 0 N–H and O–H groups in total. The number of rotatable bonds is 12. The van der Waals surface area contributed by atoms with Crippen LogP contribution < -0.4 is 24.0 Å². The zero-order chi connectivity index (χ0) is 19.1. The highest BCUT2D eigenvalue weighted by molar-refractivity contribution is 9.08. The molecular formula is C20H40BrIN2O2. The average Bonchev–Trinajstić information content (AvgIpc) is 2.92. The fraction of sp³-hybridized carbons (Fsp3) is 0.900. The highest BCUT2D eigenvalue weighted by Gasteiger charge is 2.26. The molecule has 0 atom stereocenters. The molecule has 1 aliphatic rings. The van der Waals surface area contributed by atoms with Crippen LogP contribution in [0.4, 0.5) is 0 Å². The van der Waals surface area contributed by atoms with Gasteiger partial charge in [-0.25, -0.2) is 3.93 Å². The number of carbonyl (C=O) groups is 2. The van der Waals surface area contributed by atoms with Crippen LogP contribution in [0.15, 0.2) is 0 Å². The third-order valence-corrected chi connectivity index (χ3v) is 5.73. The van der Waals surface area contributed by atoms with Gasteiger partial charge in [-0.2, -0.15) is 0 Å². The Hall–Kier alpha value is 0.310. The van der Waals surface area contributed by atoms with Gasteiger partial charge in [-0.05, 0) is 25.7 Å². The van der Waals surface area contributed by atoms with Crippen molar-refractivity contribution in [2.75, 3.05) is 26.2 Å². The second-order valence-electron chi connectivity index (χ2n) is 7.22. The van der Waals surface area contributed by atoms with E-state index >= 15 is 0 Å². The molecule has 6 heteroatoms. The molecule has 0 aromatic heterocycles. The monoisotopic (exact) mass is 546 g/mol. The smallest absolute Gasteiger partial charge is 0.239 e. The predicted octanol–water partition coefficient (Wildman–Crippen LogP) is 2.45. The zero-order valence-corrected chi connectivity index (χ0v) is 21.1. The Morgan fingerprint density at radius 3 is 1.15 bits per heavy atom. The number of unbranched alkanes of at least 4 members (excludes halogenated alkanes) is 4. The number of amides is 2. The minimum Gasteiger partial charge on any atom is -1.00 e. The quantitative estimate of drug-likeness (QED) is 0.163. The van der Waals surface area contributed by atoms with Crippen molar-refractivity contribution >= 4 is 28.0 Å². The summed E-state index contributed by atoms with van der Waals surface area (Å²) in [6.07, 6.45) is 11.8. The van der Waals surface area contributed by atoms with Gasteiger partial charge in [-0.1, -0.05) is 53.4 Å². The molecule has 0 radical (unpaired) electrons. The summed E-state index contributed by atoms with van der Waals surface area (Å²) in [5.41, 5.74) is 0. The number of quaternary nitrogens is 1. The normalized spacial score (nSPS) is 14.1. The molecule has 1 rings (SSSR count). The van der Waals surface area contributed by atoms with E-state index in [1.807, 2.05) is 0 Å². The van der Waals surface area contributed by atoms with Crippen LogP contribution in [0.3, 0.4) is 0 Å². The van der Waals surface area contributed by atoms with E-state index in [1.54, 1.807) is 0 Å². The first-order valence-electron chi connectivity index (χ1n) is 10.3. The number of hydrogen-bond acceptors (Lipinski definition) is 2. The Balaban J connectivity index is 0. The van der Waals surface area contributed by atoms with Gasteiger partial charge in [0.05, 0.1) is 42.3 Å². The van der Waals surface area contributed by atoms with Crippen LogP contribution in [-0.2, 0) is 9.59 Å². The molecule has 0 unspecified atom stereocenters. The molecule has 0 bridgehead atoms. The van der Waals surface area contributed by atoms with E-state index < -0.39 is 0 Å². The predicted molar refractivity (Wildman–Crippen MR) is 109 cm³/mol. The fourth-order valence-corrected chi connectivity index (χ4v) is 3.55. The van der Waals surface area contributed by atoms with Gasteiger partial charge in [-0.15, -0.1) is 0 Å². The first-order valence-corrected chi connectivity index (χ1v) is 11.0. The number of carbonyl (C=O) groups excluding carboxylic acids is 2. The molecule has 0 aromatic carbocycles. The van der Waals surface area contributed by atoms with Gasteiger partial charge in [0, 0.05) is 12.8 Å². The molecule has 2 amide bonds. The Kier molecular flexibility index (Phi) is 19.1. The molecule has 1 heterocycles. The molecule has 0 aromatic rings. The van der Waals surface area contributed by atoms with E-state index in [-0.39, 0.29) is 35.8 Å². The number of imide groups is 1. The van der Waals surface area contributed by atoms with Crippen molar-refractivity contribution < 1.29 is 38.0 Å². The molecule has 0 aliphatic carbocycles. The number of nitrogens with zero attached hydrogens (tertiary/aromatic N) is 2. The van der Waals surface area contributed by atoms with Gasteiger partial charge in [-0.3, -0.25) is 9.59 Å². The maximum atomic E-state index is 10.4. The van der Waals surface area contributed by atoms with Crippen molar-refractivity contribution in [3.8, 4) is 0 Å². The summed E-state index contributed by atoms with van der Waals surface area (Å²) in [6.45, 7) is 15.0. The van der Waals surface area contributed by atoms with Gasteiger partial charge in [0.2, 0.25) is 11.8 Å². The molecule has 1 aliphatic heterocycles. The average molecular weight is 547 g/mol. The van der Waals surface area contributed by atoms with E-state index in [9.17, 15) is 9.59 Å². The van der Waals surface area contributed by atoms with E-state index in [0.29, 0.717) is 12.8 Å². The maximum Gasteiger partial charge on any atom is 0.239 e. The summed E-state index contributed by atoms with van der Waals surface area (Å²) in [5.74, 6) is -0.287. The third kappa shape index (κ3) is 11.9. The van der Waals surface area contributed by atoms with Crippen LogP contribution in [-0.4, -0.2) is 46.4 Å². The summed E-state index contributed by atoms with van der Waals surface area (Å²) in [5, 5.41) is 0. The largest absolute Gasteiger partial charge is 1.00 e. The van der Waals surface area contributed by atoms with Gasteiger partial charge in [0.1, 0.15) is 0 Å². The van der Waals surface area contributed by atoms with Gasteiger partial charge in [0.25, 0.3) is 0 Å². The number of halogens is 2. The molecule has 0 saturated carbocycles. The molecule has 1 saturated heterocycles. The van der Waals surface area contributed by atoms with E-state index in [1.165, 1.54) is 82.0 Å². The van der Waals surface area contributed by atoms with Gasteiger partial charge >= 0.3 is 0 Å². The Morgan fingerprint density at radius 1 is 0.731 bits per heavy atom. The lowest BCUT2D eigenvalue weighted by Crippen LogP contribution is -3.00. The molecule has 4 nitrogen and oxygen atoms in total. The second-order valence-corrected chi connectivity index (χ2v) is 7.93. The van der Waals surface area contributed by atoms with Crippen LogP contribution in [0.2, 0.25) is 0 Å². The lowest BCUT2D eigenvalue weighted by atomic mass is 10.1. The first-order chi connectivity index (χ1) is 12.0. The maximum absolute atomic E-state index is 10.4. The van der Waals surface area contributed by atoms with Crippen LogP contribution in [0.25, 0.3) is 0 Å². The SMILES string of the molecule is CCCC[N+](CCCC)(CCCC)CCCC.O=C1CCC(=O)N1Br.[I-]. The van der Waals surface area contributed by atoms with E-state index in [4.69, 9.17) is 0 Å². The minimum atomic E-state index is -0.144. The van der Waals surface area contributed by atoms with Crippen molar-refractivity contribution in [2.45, 2.75) is 91.9 Å². The van der Waals surface area contributed by atoms with Gasteiger partial charge < -0.3 is 28.5 Å². The van der Waals surface area contributed by atoms with E-state index in [2.05, 4.69) is 43.8 Å². The lowest BCUT2D eigenvalue weighted by Gasteiger charge is -2.39. The fourth-order valence-electron chi connectivity index (χ4n) is 3.19. The van der Waals surface area contributed by atoms with Crippen LogP contribution >= 0.6 is 16.1 Å². The Labute approximate surface area is 187 Å². The summed E-state index contributed by atoms with van der Waals surface area (Å²) < 4.78 is 2.40. The van der Waals surface area contributed by atoms with Crippen molar-refractivity contribution in [3.05, 3.63) is 0 Å². The van der Waals surface area contributed by atoms with Crippen molar-refractivity contribution in [2.24, 2.45) is 0 Å².